The molecule has 0 bridgehead atoms. The lowest BCUT2D eigenvalue weighted by molar-refractivity contribution is 0.481. The number of hydrogen-bond donors (Lipinski definition) is 2. The van der Waals surface area contributed by atoms with Crippen molar-refractivity contribution in [3.05, 3.63) is 59.7 Å². The molecule has 0 radical (unpaired) electrons. The fourth-order valence-corrected chi connectivity index (χ4v) is 1.94. The number of rotatable bonds is 4. The summed E-state index contributed by atoms with van der Waals surface area (Å²) >= 11 is 0. The highest BCUT2D eigenvalue weighted by atomic mass is 16.5. The summed E-state index contributed by atoms with van der Waals surface area (Å²) in [5.74, 6) is 1.49. The van der Waals surface area contributed by atoms with Gasteiger partial charge >= 0.3 is 0 Å². The second-order valence-electron chi connectivity index (χ2n) is 6.21. The summed E-state index contributed by atoms with van der Waals surface area (Å²) in [5, 5.41) is 7.31. The van der Waals surface area contributed by atoms with Gasteiger partial charge in [0.1, 0.15) is 11.5 Å². The summed E-state index contributed by atoms with van der Waals surface area (Å²) in [6.45, 7) is 6.56. The number of guanidine groups is 1. The van der Waals surface area contributed by atoms with Crippen molar-refractivity contribution in [1.82, 2.24) is 0 Å². The quantitative estimate of drug-likeness (QED) is 0.515. The van der Waals surface area contributed by atoms with Gasteiger partial charge in [-0.05, 0) is 52.9 Å². The SMILES string of the molecule is CC(C)(C)c1ccc(Oc2ccc(C=NN=C(N)N)cc2)cc1. The molecule has 0 aliphatic rings. The van der Waals surface area contributed by atoms with Crippen molar-refractivity contribution in [2.24, 2.45) is 21.7 Å². The molecule has 0 fully saturated rings. The van der Waals surface area contributed by atoms with E-state index >= 15 is 0 Å². The van der Waals surface area contributed by atoms with Gasteiger partial charge in [0.25, 0.3) is 0 Å². The van der Waals surface area contributed by atoms with Crippen molar-refractivity contribution in [2.75, 3.05) is 0 Å². The summed E-state index contributed by atoms with van der Waals surface area (Å²) in [4.78, 5) is 0. The van der Waals surface area contributed by atoms with Crippen molar-refractivity contribution in [3.63, 3.8) is 0 Å². The fourth-order valence-electron chi connectivity index (χ4n) is 1.94. The summed E-state index contributed by atoms with van der Waals surface area (Å²) in [7, 11) is 0. The number of benzene rings is 2. The van der Waals surface area contributed by atoms with Crippen LogP contribution in [0.1, 0.15) is 31.9 Å². The van der Waals surface area contributed by atoms with E-state index in [9.17, 15) is 0 Å². The van der Waals surface area contributed by atoms with E-state index in [1.54, 1.807) is 6.21 Å². The highest BCUT2D eigenvalue weighted by molar-refractivity contribution is 5.81. The zero-order valence-electron chi connectivity index (χ0n) is 13.7. The molecule has 5 nitrogen and oxygen atoms in total. The van der Waals surface area contributed by atoms with E-state index in [-0.39, 0.29) is 11.4 Å². The Bertz CT molecular complexity index is 691. The van der Waals surface area contributed by atoms with Crippen LogP contribution in [-0.4, -0.2) is 12.2 Å². The van der Waals surface area contributed by atoms with Crippen LogP contribution in [-0.2, 0) is 5.41 Å². The average Bonchev–Trinajstić information content (AvgIpc) is 2.48. The molecule has 0 saturated heterocycles. The summed E-state index contributed by atoms with van der Waals surface area (Å²) in [6.07, 6.45) is 1.57. The third-order valence-electron chi connectivity index (χ3n) is 3.22. The number of ether oxygens (including phenoxy) is 1. The number of nitrogens with two attached hydrogens (primary N) is 2. The molecule has 0 spiro atoms. The summed E-state index contributed by atoms with van der Waals surface area (Å²) < 4.78 is 5.83. The van der Waals surface area contributed by atoms with Gasteiger partial charge in [-0.25, -0.2) is 0 Å². The third-order valence-corrected chi connectivity index (χ3v) is 3.22. The van der Waals surface area contributed by atoms with Gasteiger partial charge in [0.2, 0.25) is 5.96 Å². The normalized spacial score (nSPS) is 11.4. The first kappa shape index (κ1) is 16.5. The van der Waals surface area contributed by atoms with Crippen LogP contribution in [0.5, 0.6) is 11.5 Å². The van der Waals surface area contributed by atoms with Gasteiger partial charge in [-0.15, -0.1) is 5.10 Å². The number of nitrogens with zero attached hydrogens (tertiary/aromatic N) is 2. The maximum atomic E-state index is 5.83. The molecule has 120 valence electrons. The molecule has 0 aliphatic carbocycles. The van der Waals surface area contributed by atoms with Gasteiger partial charge in [0.05, 0.1) is 6.21 Å². The minimum Gasteiger partial charge on any atom is -0.457 e. The van der Waals surface area contributed by atoms with Crippen LogP contribution < -0.4 is 16.2 Å². The Morgan fingerprint density at radius 2 is 1.43 bits per heavy atom. The molecule has 2 rings (SSSR count). The monoisotopic (exact) mass is 310 g/mol. The molecule has 0 atom stereocenters. The maximum Gasteiger partial charge on any atom is 0.211 e. The summed E-state index contributed by atoms with van der Waals surface area (Å²) in [6, 6.07) is 15.6. The zero-order valence-corrected chi connectivity index (χ0v) is 13.7. The molecule has 4 N–H and O–H groups in total. The van der Waals surface area contributed by atoms with E-state index in [1.807, 2.05) is 36.4 Å². The van der Waals surface area contributed by atoms with Crippen LogP contribution in [0.25, 0.3) is 0 Å². The predicted octanol–water partition coefficient (Wildman–Crippen LogP) is 3.38. The van der Waals surface area contributed by atoms with Gasteiger partial charge in [-0.1, -0.05) is 32.9 Å². The topological polar surface area (TPSA) is 86.0 Å². The van der Waals surface area contributed by atoms with Gasteiger partial charge in [0, 0.05) is 0 Å². The Morgan fingerprint density at radius 1 is 0.913 bits per heavy atom. The second kappa shape index (κ2) is 6.96. The van der Waals surface area contributed by atoms with Gasteiger partial charge in [-0.2, -0.15) is 5.10 Å². The molecule has 0 amide bonds. The second-order valence-corrected chi connectivity index (χ2v) is 6.21. The molecule has 0 heterocycles. The maximum absolute atomic E-state index is 5.83. The lowest BCUT2D eigenvalue weighted by atomic mass is 9.87. The highest BCUT2D eigenvalue weighted by Crippen LogP contribution is 2.26. The van der Waals surface area contributed by atoms with Crippen molar-refractivity contribution in [1.29, 1.82) is 0 Å². The van der Waals surface area contributed by atoms with Crippen LogP contribution in [0.15, 0.2) is 58.7 Å². The van der Waals surface area contributed by atoms with Gasteiger partial charge in [-0.3, -0.25) is 0 Å². The van der Waals surface area contributed by atoms with Crippen molar-refractivity contribution in [3.8, 4) is 11.5 Å². The first-order valence-electron chi connectivity index (χ1n) is 7.35. The Balaban J connectivity index is 2.03. The standard InChI is InChI=1S/C18H22N4O/c1-18(2,3)14-6-10-16(11-7-14)23-15-8-4-13(5-9-15)12-21-22-17(19)20/h4-12H,1-3H3,(H4,19,20,22). The Hall–Kier alpha value is -2.82. The highest BCUT2D eigenvalue weighted by Gasteiger charge is 2.13. The number of hydrogen-bond acceptors (Lipinski definition) is 3. The van der Waals surface area contributed by atoms with Crippen molar-refractivity contribution in [2.45, 2.75) is 26.2 Å². The Labute approximate surface area is 136 Å². The molecular weight excluding hydrogens is 288 g/mol. The van der Waals surface area contributed by atoms with Gasteiger partial charge in [0.15, 0.2) is 0 Å². The van der Waals surface area contributed by atoms with E-state index in [4.69, 9.17) is 16.2 Å². The molecular formula is C18H22N4O. The molecule has 0 aliphatic heterocycles. The van der Waals surface area contributed by atoms with E-state index in [1.165, 1.54) is 5.56 Å². The molecule has 0 saturated carbocycles. The molecule has 5 heteroatoms. The molecule has 2 aromatic rings. The minimum absolute atomic E-state index is 0.0695. The van der Waals surface area contributed by atoms with Crippen LogP contribution in [0.3, 0.4) is 0 Å². The molecule has 23 heavy (non-hydrogen) atoms. The summed E-state index contributed by atoms with van der Waals surface area (Å²) in [5.41, 5.74) is 12.7. The van der Waals surface area contributed by atoms with Crippen molar-refractivity contribution < 1.29 is 4.74 Å². The minimum atomic E-state index is -0.0695. The van der Waals surface area contributed by atoms with Crippen LogP contribution in [0.4, 0.5) is 0 Å². The van der Waals surface area contributed by atoms with Crippen molar-refractivity contribution >= 4 is 12.2 Å². The first-order valence-corrected chi connectivity index (χ1v) is 7.35. The molecule has 2 aromatic carbocycles. The van der Waals surface area contributed by atoms with E-state index in [0.717, 1.165) is 17.1 Å². The van der Waals surface area contributed by atoms with E-state index in [0.29, 0.717) is 0 Å². The zero-order chi connectivity index (χ0) is 16.9. The Morgan fingerprint density at radius 3 is 1.91 bits per heavy atom. The van der Waals surface area contributed by atoms with Crippen LogP contribution in [0, 0.1) is 0 Å². The first-order chi connectivity index (χ1) is 10.8. The average molecular weight is 310 g/mol. The van der Waals surface area contributed by atoms with E-state index in [2.05, 4.69) is 43.1 Å². The van der Waals surface area contributed by atoms with E-state index < -0.39 is 0 Å². The smallest absolute Gasteiger partial charge is 0.211 e. The van der Waals surface area contributed by atoms with Gasteiger partial charge < -0.3 is 16.2 Å². The molecule has 0 unspecified atom stereocenters. The van der Waals surface area contributed by atoms with Crippen LogP contribution >= 0.6 is 0 Å². The largest absolute Gasteiger partial charge is 0.457 e. The lowest BCUT2D eigenvalue weighted by Crippen LogP contribution is -2.21. The fraction of sp³-hybridized carbons (Fsp3) is 0.222. The predicted molar refractivity (Wildman–Crippen MR) is 95.1 cm³/mol. The van der Waals surface area contributed by atoms with Crippen LogP contribution in [0.2, 0.25) is 0 Å². The third kappa shape index (κ3) is 5.14. The Kier molecular flexibility index (Phi) is 5.01. The molecule has 0 aromatic heterocycles. The lowest BCUT2D eigenvalue weighted by Gasteiger charge is -2.19.